The number of aliphatic hydroxyl groups excluding tert-OH is 1. The fourth-order valence-corrected chi connectivity index (χ4v) is 5.05. The number of hydrogen-bond donors (Lipinski definition) is 3. The lowest BCUT2D eigenvalue weighted by molar-refractivity contribution is 0.233. The van der Waals surface area contributed by atoms with Gasteiger partial charge in [0, 0.05) is 36.8 Å². The molecular formula is C35H42N4O4. The summed E-state index contributed by atoms with van der Waals surface area (Å²) >= 11 is 0. The van der Waals surface area contributed by atoms with Gasteiger partial charge in [-0.15, -0.1) is 6.58 Å². The summed E-state index contributed by atoms with van der Waals surface area (Å²) in [6.45, 7) is 13.1. The Labute approximate surface area is 253 Å². The van der Waals surface area contributed by atoms with Crippen LogP contribution in [0, 0.1) is 0 Å². The van der Waals surface area contributed by atoms with Crippen molar-refractivity contribution in [3.8, 4) is 16.9 Å². The predicted octanol–water partition coefficient (Wildman–Crippen LogP) is 7.60. The van der Waals surface area contributed by atoms with Crippen molar-refractivity contribution < 1.29 is 14.6 Å². The summed E-state index contributed by atoms with van der Waals surface area (Å²) in [5, 5.41) is 13.1. The molecule has 2 heterocycles. The Morgan fingerprint density at radius 2 is 1.79 bits per heavy atom. The first-order chi connectivity index (χ1) is 20.7. The third-order valence-corrected chi connectivity index (χ3v) is 7.34. The lowest BCUT2D eigenvalue weighted by Gasteiger charge is -2.27. The van der Waals surface area contributed by atoms with Crippen molar-refractivity contribution >= 4 is 28.4 Å². The number of amides is 2. The number of H-pyrrole nitrogens is 1. The Morgan fingerprint density at radius 1 is 1.05 bits per heavy atom. The molecule has 0 spiro atoms. The number of benzene rings is 2. The molecule has 0 atom stereocenters. The Hall–Kier alpha value is -4.43. The second-order valence-corrected chi connectivity index (χ2v) is 11.2. The maximum atomic E-state index is 14.1. The lowest BCUT2D eigenvalue weighted by Crippen LogP contribution is -2.39. The Bertz CT molecular complexity index is 1600. The number of urea groups is 1. The van der Waals surface area contributed by atoms with Crippen LogP contribution in [0.5, 0.6) is 5.75 Å². The van der Waals surface area contributed by atoms with Gasteiger partial charge in [-0.1, -0.05) is 45.9 Å². The van der Waals surface area contributed by atoms with Gasteiger partial charge in [0.15, 0.2) is 0 Å². The molecule has 0 fully saturated rings. The molecule has 0 saturated carbocycles. The maximum absolute atomic E-state index is 14.1. The zero-order valence-electron chi connectivity index (χ0n) is 25.5. The van der Waals surface area contributed by atoms with Crippen LogP contribution < -0.4 is 20.5 Å². The molecular weight excluding hydrogens is 540 g/mol. The van der Waals surface area contributed by atoms with Gasteiger partial charge in [-0.3, -0.25) is 9.69 Å². The molecule has 2 amide bonds. The van der Waals surface area contributed by atoms with Crippen molar-refractivity contribution in [2.75, 3.05) is 30.0 Å². The third kappa shape index (κ3) is 7.70. The van der Waals surface area contributed by atoms with E-state index in [1.165, 1.54) is 4.90 Å². The minimum atomic E-state index is -0.371. The molecule has 4 aromatic rings. The number of unbranched alkanes of at least 4 members (excludes halogenated alkanes) is 1. The zero-order chi connectivity index (χ0) is 30.9. The van der Waals surface area contributed by atoms with Gasteiger partial charge in [-0.05, 0) is 89.4 Å². The monoisotopic (exact) mass is 582 g/mol. The van der Waals surface area contributed by atoms with E-state index in [2.05, 4.69) is 61.7 Å². The highest BCUT2D eigenvalue weighted by Gasteiger charge is 2.24. The van der Waals surface area contributed by atoms with Crippen LogP contribution in [0.4, 0.5) is 16.2 Å². The number of pyridine rings is 2. The molecule has 3 N–H and O–H groups in total. The third-order valence-electron chi connectivity index (χ3n) is 7.34. The predicted molar refractivity (Wildman–Crippen MR) is 175 cm³/mol. The first kappa shape index (κ1) is 31.5. The second kappa shape index (κ2) is 14.6. The molecule has 226 valence electrons. The van der Waals surface area contributed by atoms with Gasteiger partial charge in [-0.2, -0.15) is 0 Å². The first-order valence-corrected chi connectivity index (χ1v) is 14.9. The first-order valence-electron chi connectivity index (χ1n) is 14.9. The van der Waals surface area contributed by atoms with Crippen molar-refractivity contribution in [1.82, 2.24) is 9.97 Å². The highest BCUT2D eigenvalue weighted by atomic mass is 16.5. The fraction of sp³-hybridized carbons (Fsp3) is 0.343. The molecule has 2 aromatic heterocycles. The Kier molecular flexibility index (Phi) is 10.7. The molecule has 8 nitrogen and oxygen atoms in total. The largest absolute Gasteiger partial charge is 0.493 e. The second-order valence-electron chi connectivity index (χ2n) is 11.2. The number of carbonyl (C=O) groups excluding carboxylic acids is 1. The number of carbonyl (C=O) groups is 1. The quantitative estimate of drug-likeness (QED) is 0.111. The summed E-state index contributed by atoms with van der Waals surface area (Å²) in [5.74, 6) is 0.966. The number of aromatic amines is 1. The molecule has 2 aromatic carbocycles. The number of fused-ring (bicyclic) bond motifs is 1. The number of nitrogens with one attached hydrogen (secondary N) is 2. The number of ether oxygens (including phenoxy) is 1. The van der Waals surface area contributed by atoms with Crippen LogP contribution in [-0.4, -0.2) is 40.9 Å². The molecule has 4 rings (SSSR count). The number of aromatic nitrogens is 2. The number of rotatable bonds is 13. The molecule has 0 aliphatic heterocycles. The molecule has 0 aliphatic rings. The summed E-state index contributed by atoms with van der Waals surface area (Å²) in [6.07, 6.45) is 5.37. The maximum Gasteiger partial charge on any atom is 0.326 e. The molecule has 43 heavy (non-hydrogen) atoms. The smallest absolute Gasteiger partial charge is 0.326 e. The Balaban J connectivity index is 1.75. The average Bonchev–Trinajstić information content (AvgIpc) is 2.99. The summed E-state index contributed by atoms with van der Waals surface area (Å²) in [6, 6.07) is 17.2. The van der Waals surface area contributed by atoms with Crippen molar-refractivity contribution in [2.45, 2.75) is 58.8 Å². The summed E-state index contributed by atoms with van der Waals surface area (Å²) < 4.78 is 5.82. The van der Waals surface area contributed by atoms with Gasteiger partial charge in [0.05, 0.1) is 6.61 Å². The van der Waals surface area contributed by atoms with Crippen molar-refractivity contribution in [3.05, 3.63) is 94.9 Å². The van der Waals surface area contributed by atoms with Crippen LogP contribution in [0.1, 0.15) is 69.9 Å². The van der Waals surface area contributed by atoms with E-state index in [1.54, 1.807) is 18.3 Å². The SMILES string of the molecule is C=CCCCN(C(=O)Nc1c(C(C)C)cc(-c2cccc(OCCCO)c2)cc1C(C)C)c1cc2cccnc2[nH]c1=O. The molecule has 0 unspecified atom stereocenters. The van der Waals surface area contributed by atoms with Crippen LogP contribution in [0.3, 0.4) is 0 Å². The fourth-order valence-electron chi connectivity index (χ4n) is 5.05. The van der Waals surface area contributed by atoms with Gasteiger partial charge < -0.3 is 20.1 Å². The number of aliphatic hydroxyl groups is 1. The van der Waals surface area contributed by atoms with Gasteiger partial charge in [0.2, 0.25) is 0 Å². The van der Waals surface area contributed by atoms with E-state index in [9.17, 15) is 9.59 Å². The average molecular weight is 583 g/mol. The topological polar surface area (TPSA) is 108 Å². The zero-order valence-corrected chi connectivity index (χ0v) is 25.5. The highest BCUT2D eigenvalue weighted by molar-refractivity contribution is 6.03. The van der Waals surface area contributed by atoms with Crippen LogP contribution in [-0.2, 0) is 0 Å². The van der Waals surface area contributed by atoms with Crippen LogP contribution >= 0.6 is 0 Å². The van der Waals surface area contributed by atoms with Crippen LogP contribution in [0.15, 0.2) is 78.2 Å². The lowest BCUT2D eigenvalue weighted by atomic mass is 9.88. The van der Waals surface area contributed by atoms with E-state index in [0.717, 1.165) is 39.1 Å². The molecule has 8 heteroatoms. The van der Waals surface area contributed by atoms with E-state index < -0.39 is 0 Å². The van der Waals surface area contributed by atoms with Crippen LogP contribution in [0.2, 0.25) is 0 Å². The number of anilines is 2. The molecule has 0 aliphatic carbocycles. The highest BCUT2D eigenvalue weighted by Crippen LogP contribution is 2.38. The van der Waals surface area contributed by atoms with E-state index in [4.69, 9.17) is 9.84 Å². The molecule has 0 radical (unpaired) electrons. The van der Waals surface area contributed by atoms with Gasteiger partial charge in [0.25, 0.3) is 5.56 Å². The van der Waals surface area contributed by atoms with E-state index in [0.29, 0.717) is 38.1 Å². The van der Waals surface area contributed by atoms with Crippen LogP contribution in [0.25, 0.3) is 22.2 Å². The van der Waals surface area contributed by atoms with Gasteiger partial charge in [0.1, 0.15) is 17.1 Å². The normalized spacial score (nSPS) is 11.2. The van der Waals surface area contributed by atoms with Crippen molar-refractivity contribution in [2.24, 2.45) is 0 Å². The van der Waals surface area contributed by atoms with Crippen molar-refractivity contribution in [3.63, 3.8) is 0 Å². The minimum Gasteiger partial charge on any atom is -0.493 e. The molecule has 0 bridgehead atoms. The Morgan fingerprint density at radius 3 is 2.47 bits per heavy atom. The summed E-state index contributed by atoms with van der Waals surface area (Å²) in [5.41, 5.74) is 5.18. The number of hydrogen-bond acceptors (Lipinski definition) is 5. The molecule has 0 saturated heterocycles. The van der Waals surface area contributed by atoms with E-state index >= 15 is 0 Å². The van der Waals surface area contributed by atoms with Gasteiger partial charge in [-0.25, -0.2) is 9.78 Å². The minimum absolute atomic E-state index is 0.0838. The van der Waals surface area contributed by atoms with Crippen molar-refractivity contribution in [1.29, 1.82) is 0 Å². The van der Waals surface area contributed by atoms with E-state index in [1.807, 2.05) is 36.4 Å². The standard InChI is InChI=1S/C35H42N4O4/c1-6-7-8-16-39(31-22-26-13-10-15-36-33(26)38-34(31)41)35(42)37-32-29(23(2)3)20-27(21-30(32)24(4)5)25-12-9-14-28(19-25)43-18-11-17-40/h6,9-10,12-15,19-24,40H,1,7-8,11,16-18H2,2-5H3,(H,37,42)(H,36,38,41). The number of nitrogens with zero attached hydrogens (tertiary/aromatic N) is 2. The van der Waals surface area contributed by atoms with E-state index in [-0.39, 0.29) is 35.7 Å². The van der Waals surface area contributed by atoms with Gasteiger partial charge >= 0.3 is 6.03 Å². The number of allylic oxidation sites excluding steroid dienone is 1. The summed E-state index contributed by atoms with van der Waals surface area (Å²) in [4.78, 5) is 35.8. The summed E-state index contributed by atoms with van der Waals surface area (Å²) in [7, 11) is 0.